The van der Waals surface area contributed by atoms with Gasteiger partial charge in [-0.3, -0.25) is 0 Å². The molecule has 1 aromatic rings. The zero-order chi connectivity index (χ0) is 8.97. The number of hydrogen-bond acceptors (Lipinski definition) is 2. The molecule has 0 N–H and O–H groups in total. The van der Waals surface area contributed by atoms with Crippen LogP contribution in [0.25, 0.3) is 5.03 Å². The number of carbonyl (C=O) groups excluding carboxylic acids is 1. The van der Waals surface area contributed by atoms with Crippen molar-refractivity contribution in [2.75, 3.05) is 0 Å². The third kappa shape index (κ3) is 2.06. The highest BCUT2D eigenvalue weighted by Gasteiger charge is 1.94. The zero-order valence-electron chi connectivity index (χ0n) is 6.25. The fourth-order valence-corrected chi connectivity index (χ4v) is 0.896. The minimum absolute atomic E-state index is 0.469. The molecule has 0 saturated carbocycles. The van der Waals surface area contributed by atoms with Crippen LogP contribution in [0.2, 0.25) is 0 Å². The topological polar surface area (TPSA) is 29.4 Å². The van der Waals surface area contributed by atoms with Crippen LogP contribution >= 0.6 is 11.6 Å². The fraction of sp³-hybridized carbons (Fsp3) is 0. The summed E-state index contributed by atoms with van der Waals surface area (Å²) in [5, 5.41) is 0.469. The number of aliphatic imine (C=N–C) groups is 1. The van der Waals surface area contributed by atoms with Gasteiger partial charge in [0.1, 0.15) is 0 Å². The third-order valence-electron chi connectivity index (χ3n) is 1.36. The van der Waals surface area contributed by atoms with Gasteiger partial charge in [0.05, 0.1) is 5.69 Å². The summed E-state index contributed by atoms with van der Waals surface area (Å²) in [7, 11) is 0. The lowest BCUT2D eigenvalue weighted by Gasteiger charge is -1.95. The highest BCUT2D eigenvalue weighted by molar-refractivity contribution is 6.48. The molecule has 0 aromatic heterocycles. The summed E-state index contributed by atoms with van der Waals surface area (Å²) in [4.78, 5) is 13.3. The molecule has 2 nitrogen and oxygen atoms in total. The van der Waals surface area contributed by atoms with Crippen LogP contribution in [-0.2, 0) is 4.79 Å². The molecule has 0 spiro atoms. The van der Waals surface area contributed by atoms with Crippen molar-refractivity contribution in [2.45, 2.75) is 0 Å². The van der Waals surface area contributed by atoms with E-state index in [0.29, 0.717) is 10.7 Å². The lowest BCUT2D eigenvalue weighted by Crippen LogP contribution is -1.72. The molecular weight excluding hydrogens is 174 g/mol. The molecule has 0 heterocycles. The van der Waals surface area contributed by atoms with Crippen molar-refractivity contribution in [3.8, 4) is 0 Å². The minimum Gasteiger partial charge on any atom is -0.211 e. The Labute approximate surface area is 75.2 Å². The molecule has 0 bridgehead atoms. The van der Waals surface area contributed by atoms with Gasteiger partial charge < -0.3 is 0 Å². The Kier molecular flexibility index (Phi) is 2.81. The van der Waals surface area contributed by atoms with Gasteiger partial charge in [-0.2, -0.15) is 4.99 Å². The van der Waals surface area contributed by atoms with Crippen LogP contribution in [0, 0.1) is 0 Å². The molecule has 0 amide bonds. The molecule has 1 aromatic carbocycles. The van der Waals surface area contributed by atoms with E-state index in [9.17, 15) is 4.79 Å². The van der Waals surface area contributed by atoms with E-state index in [1.165, 1.54) is 6.08 Å². The molecule has 0 aliphatic heterocycles. The summed E-state index contributed by atoms with van der Waals surface area (Å²) in [5.74, 6) is 0. The van der Waals surface area contributed by atoms with E-state index in [4.69, 9.17) is 11.6 Å². The predicted molar refractivity (Wildman–Crippen MR) is 49.1 cm³/mol. The molecule has 0 fully saturated rings. The highest BCUT2D eigenvalue weighted by atomic mass is 35.5. The Hall–Kier alpha value is -1.37. The Bertz CT molecular complexity index is 315. The first-order valence-corrected chi connectivity index (χ1v) is 3.64. The average Bonchev–Trinajstić information content (AvgIpc) is 2.06. The summed E-state index contributed by atoms with van der Waals surface area (Å²) in [5.41, 5.74) is 1.38. The molecule has 0 aliphatic carbocycles. The lowest BCUT2D eigenvalue weighted by atomic mass is 10.2. The number of halogens is 1. The predicted octanol–water partition coefficient (Wildman–Crippen LogP) is 2.86. The van der Waals surface area contributed by atoms with Gasteiger partial charge in [-0.15, -0.1) is 0 Å². The average molecular weight is 180 g/mol. The maximum absolute atomic E-state index is 9.86. The molecule has 0 aliphatic rings. The number of isocyanates is 1. The molecule has 3 heteroatoms. The molecule has 12 heavy (non-hydrogen) atoms. The van der Waals surface area contributed by atoms with Gasteiger partial charge in [0.25, 0.3) is 0 Å². The largest absolute Gasteiger partial charge is 0.240 e. The van der Waals surface area contributed by atoms with E-state index in [1.807, 2.05) is 0 Å². The number of nitrogens with zero attached hydrogens (tertiary/aromatic N) is 1. The van der Waals surface area contributed by atoms with Crippen molar-refractivity contribution in [1.82, 2.24) is 0 Å². The van der Waals surface area contributed by atoms with Gasteiger partial charge in [0.2, 0.25) is 6.08 Å². The normalized spacial score (nSPS) is 8.75. The number of benzene rings is 1. The molecule has 0 atom stereocenters. The lowest BCUT2D eigenvalue weighted by molar-refractivity contribution is 0.565. The Morgan fingerprint density at radius 1 is 1.42 bits per heavy atom. The first kappa shape index (κ1) is 8.72. The van der Waals surface area contributed by atoms with E-state index in [2.05, 4.69) is 11.6 Å². The van der Waals surface area contributed by atoms with Crippen molar-refractivity contribution in [3.63, 3.8) is 0 Å². The second kappa shape index (κ2) is 3.86. The zero-order valence-corrected chi connectivity index (χ0v) is 7.01. The smallest absolute Gasteiger partial charge is 0.211 e. The maximum atomic E-state index is 9.86. The van der Waals surface area contributed by atoms with Gasteiger partial charge in [0, 0.05) is 5.03 Å². The first-order valence-electron chi connectivity index (χ1n) is 3.27. The van der Waals surface area contributed by atoms with Gasteiger partial charge in [-0.1, -0.05) is 30.3 Å². The van der Waals surface area contributed by atoms with Crippen LogP contribution in [0.1, 0.15) is 5.56 Å². The fourth-order valence-electron chi connectivity index (χ4n) is 0.770. The van der Waals surface area contributed by atoms with Crippen LogP contribution in [-0.4, -0.2) is 6.08 Å². The van der Waals surface area contributed by atoms with Crippen molar-refractivity contribution in [1.29, 1.82) is 0 Å². The van der Waals surface area contributed by atoms with Crippen molar-refractivity contribution < 1.29 is 4.79 Å². The van der Waals surface area contributed by atoms with E-state index in [0.717, 1.165) is 5.56 Å². The summed E-state index contributed by atoms with van der Waals surface area (Å²) < 4.78 is 0. The monoisotopic (exact) mass is 179 g/mol. The van der Waals surface area contributed by atoms with Crippen LogP contribution in [0.5, 0.6) is 0 Å². The van der Waals surface area contributed by atoms with Gasteiger partial charge in [0.15, 0.2) is 0 Å². The minimum atomic E-state index is 0.469. The second-order valence-electron chi connectivity index (χ2n) is 2.15. The maximum Gasteiger partial charge on any atom is 0.240 e. The Morgan fingerprint density at radius 3 is 2.42 bits per heavy atom. The van der Waals surface area contributed by atoms with Crippen molar-refractivity contribution in [2.24, 2.45) is 4.99 Å². The molecule has 0 radical (unpaired) electrons. The molecular formula is C9H6ClNO. The van der Waals surface area contributed by atoms with Crippen molar-refractivity contribution in [3.05, 3.63) is 36.4 Å². The number of rotatable bonds is 2. The SMILES string of the molecule is C=C(Cl)c1ccc(N=C=O)cc1. The third-order valence-corrected chi connectivity index (χ3v) is 1.57. The van der Waals surface area contributed by atoms with Crippen LogP contribution < -0.4 is 0 Å². The molecule has 1 rings (SSSR count). The first-order chi connectivity index (χ1) is 5.74. The van der Waals surface area contributed by atoms with Crippen LogP contribution in [0.3, 0.4) is 0 Å². The quantitative estimate of drug-likeness (QED) is 0.507. The van der Waals surface area contributed by atoms with E-state index in [-0.39, 0.29) is 0 Å². The summed E-state index contributed by atoms with van der Waals surface area (Å²) in [6, 6.07) is 6.83. The Balaban J connectivity index is 3.00. The molecule has 0 saturated heterocycles. The van der Waals surface area contributed by atoms with E-state index in [1.54, 1.807) is 24.3 Å². The standard InChI is InChI=1S/C9H6ClNO/c1-7(10)8-2-4-9(5-3-8)11-6-12/h2-5H,1H2. The van der Waals surface area contributed by atoms with E-state index >= 15 is 0 Å². The molecule has 60 valence electrons. The van der Waals surface area contributed by atoms with E-state index < -0.39 is 0 Å². The molecule has 0 unspecified atom stereocenters. The van der Waals surface area contributed by atoms with Gasteiger partial charge >= 0.3 is 0 Å². The van der Waals surface area contributed by atoms with Crippen molar-refractivity contribution >= 4 is 28.4 Å². The second-order valence-corrected chi connectivity index (χ2v) is 2.61. The van der Waals surface area contributed by atoms with Gasteiger partial charge in [-0.05, 0) is 17.7 Å². The highest BCUT2D eigenvalue weighted by Crippen LogP contribution is 2.19. The summed E-state index contributed by atoms with van der Waals surface area (Å²) in [6.45, 7) is 3.56. The Morgan fingerprint density at radius 2 is 2.00 bits per heavy atom. The summed E-state index contributed by atoms with van der Waals surface area (Å²) in [6.07, 6.45) is 1.45. The van der Waals surface area contributed by atoms with Gasteiger partial charge in [-0.25, -0.2) is 4.79 Å². The van der Waals surface area contributed by atoms with Crippen LogP contribution in [0.15, 0.2) is 35.8 Å². The van der Waals surface area contributed by atoms with Crippen LogP contribution in [0.4, 0.5) is 5.69 Å². The summed E-state index contributed by atoms with van der Waals surface area (Å²) >= 11 is 5.63. The number of hydrogen-bond donors (Lipinski definition) is 0.